The van der Waals surface area contributed by atoms with Gasteiger partial charge in [-0.05, 0) is 51.5 Å². The Bertz CT molecular complexity index is 1070. The molecule has 1 N–H and O–H groups in total. The number of carbonyl (C=O) groups is 2. The summed E-state index contributed by atoms with van der Waals surface area (Å²) in [4.78, 5) is 37.8. The SMILES string of the molecule is COc1cc(OCC(=O)N(Cc2ccc(Cl)cc2Cl)C(C)C(=O)NC(C)(C)C)ccc1[N+](=O)[O-]. The van der Waals surface area contributed by atoms with E-state index >= 15 is 0 Å². The highest BCUT2D eigenvalue weighted by Gasteiger charge is 2.29. The molecule has 0 aromatic heterocycles. The molecule has 0 heterocycles. The lowest BCUT2D eigenvalue weighted by Crippen LogP contribution is -2.53. The molecule has 0 fully saturated rings. The van der Waals surface area contributed by atoms with E-state index in [1.807, 2.05) is 20.8 Å². The molecule has 0 saturated carbocycles. The Labute approximate surface area is 208 Å². The van der Waals surface area contributed by atoms with Gasteiger partial charge in [-0.3, -0.25) is 19.7 Å². The van der Waals surface area contributed by atoms with E-state index in [-0.39, 0.29) is 29.6 Å². The quantitative estimate of drug-likeness (QED) is 0.388. The van der Waals surface area contributed by atoms with Gasteiger partial charge in [-0.2, -0.15) is 0 Å². The predicted octanol–water partition coefficient (Wildman–Crippen LogP) is 4.62. The number of benzene rings is 2. The molecule has 2 amide bonds. The third-order valence-electron chi connectivity index (χ3n) is 4.73. The van der Waals surface area contributed by atoms with Gasteiger partial charge in [0.15, 0.2) is 6.61 Å². The van der Waals surface area contributed by atoms with E-state index in [0.717, 1.165) is 0 Å². The smallest absolute Gasteiger partial charge is 0.311 e. The number of ether oxygens (including phenoxy) is 2. The van der Waals surface area contributed by atoms with Gasteiger partial charge >= 0.3 is 5.69 Å². The Morgan fingerprint density at radius 1 is 1.18 bits per heavy atom. The van der Waals surface area contributed by atoms with Crippen molar-refractivity contribution in [2.45, 2.75) is 45.8 Å². The third kappa shape index (κ3) is 7.50. The van der Waals surface area contributed by atoms with Gasteiger partial charge in [-0.15, -0.1) is 0 Å². The molecule has 0 bridgehead atoms. The van der Waals surface area contributed by atoms with E-state index in [2.05, 4.69) is 5.32 Å². The summed E-state index contributed by atoms with van der Waals surface area (Å²) in [5.41, 5.74) is -0.122. The molecule has 1 unspecified atom stereocenters. The fourth-order valence-electron chi connectivity index (χ4n) is 3.02. The highest BCUT2D eigenvalue weighted by atomic mass is 35.5. The fraction of sp³-hybridized carbons (Fsp3) is 0.391. The summed E-state index contributed by atoms with van der Waals surface area (Å²) in [6.07, 6.45) is 0. The second-order valence-corrected chi connectivity index (χ2v) is 9.40. The number of nitro benzene ring substituents is 1. The van der Waals surface area contributed by atoms with Crippen LogP contribution < -0.4 is 14.8 Å². The molecule has 1 atom stereocenters. The normalized spacial score (nSPS) is 12.0. The Kier molecular flexibility index (Phi) is 9.12. The van der Waals surface area contributed by atoms with Crippen molar-refractivity contribution in [2.75, 3.05) is 13.7 Å². The van der Waals surface area contributed by atoms with Crippen molar-refractivity contribution >= 4 is 40.7 Å². The van der Waals surface area contributed by atoms with Crippen LogP contribution in [0.15, 0.2) is 36.4 Å². The van der Waals surface area contributed by atoms with Crippen LogP contribution in [-0.2, 0) is 16.1 Å². The van der Waals surface area contributed by atoms with E-state index in [4.69, 9.17) is 32.7 Å². The van der Waals surface area contributed by atoms with Gasteiger partial charge in [0.2, 0.25) is 11.7 Å². The first-order valence-electron chi connectivity index (χ1n) is 10.3. The highest BCUT2D eigenvalue weighted by molar-refractivity contribution is 6.35. The first-order valence-corrected chi connectivity index (χ1v) is 11.1. The van der Waals surface area contributed by atoms with Crippen LogP contribution in [0.4, 0.5) is 5.69 Å². The van der Waals surface area contributed by atoms with Gasteiger partial charge in [0.25, 0.3) is 5.91 Å². The minimum atomic E-state index is -0.839. The van der Waals surface area contributed by atoms with E-state index in [1.165, 1.54) is 30.2 Å². The zero-order valence-electron chi connectivity index (χ0n) is 19.6. The van der Waals surface area contributed by atoms with Crippen molar-refractivity contribution in [3.63, 3.8) is 0 Å². The Morgan fingerprint density at radius 3 is 2.41 bits per heavy atom. The number of hydrogen-bond donors (Lipinski definition) is 1. The van der Waals surface area contributed by atoms with Crippen LogP contribution in [0.2, 0.25) is 10.0 Å². The molecular weight excluding hydrogens is 485 g/mol. The highest BCUT2D eigenvalue weighted by Crippen LogP contribution is 2.31. The van der Waals surface area contributed by atoms with Crippen molar-refractivity contribution in [1.82, 2.24) is 10.2 Å². The molecule has 0 spiro atoms. The maximum atomic E-state index is 13.2. The van der Waals surface area contributed by atoms with E-state index < -0.39 is 29.0 Å². The summed E-state index contributed by atoms with van der Waals surface area (Å²) >= 11 is 12.3. The summed E-state index contributed by atoms with van der Waals surface area (Å²) in [5, 5.41) is 14.7. The molecule has 2 rings (SSSR count). The largest absolute Gasteiger partial charge is 0.490 e. The Balaban J connectivity index is 2.26. The van der Waals surface area contributed by atoms with E-state index in [9.17, 15) is 19.7 Å². The van der Waals surface area contributed by atoms with Gasteiger partial charge in [-0.25, -0.2) is 0 Å². The number of halogens is 2. The number of methoxy groups -OCH3 is 1. The second-order valence-electron chi connectivity index (χ2n) is 8.55. The molecule has 0 radical (unpaired) electrons. The average Bonchev–Trinajstić information content (AvgIpc) is 2.75. The van der Waals surface area contributed by atoms with Crippen molar-refractivity contribution in [3.8, 4) is 11.5 Å². The van der Waals surface area contributed by atoms with Gasteiger partial charge in [0.1, 0.15) is 11.8 Å². The summed E-state index contributed by atoms with van der Waals surface area (Å²) in [5.74, 6) is -0.632. The molecule has 0 aliphatic heterocycles. The van der Waals surface area contributed by atoms with Crippen LogP contribution in [0.25, 0.3) is 0 Å². The maximum Gasteiger partial charge on any atom is 0.311 e. The second kappa shape index (κ2) is 11.4. The predicted molar refractivity (Wildman–Crippen MR) is 130 cm³/mol. The number of nitrogens with one attached hydrogen (secondary N) is 1. The Hall–Kier alpha value is -3.04. The van der Waals surface area contributed by atoms with Gasteiger partial charge in [0, 0.05) is 34.3 Å². The number of hydrogen-bond acceptors (Lipinski definition) is 6. The summed E-state index contributed by atoms with van der Waals surface area (Å²) in [6.45, 7) is 6.75. The molecule has 2 aromatic rings. The first-order chi connectivity index (χ1) is 15.8. The minimum absolute atomic E-state index is 0.00215. The standard InChI is InChI=1S/C23H27Cl2N3O6/c1-14(22(30)26-23(2,3)4)27(12-15-6-7-16(24)10-18(15)25)21(29)13-34-17-8-9-19(28(31)32)20(11-17)33-5/h6-11,14H,12-13H2,1-5H3,(H,26,30). The van der Waals surface area contributed by atoms with Gasteiger partial charge in [0.05, 0.1) is 12.0 Å². The number of carbonyl (C=O) groups excluding carboxylic acids is 2. The molecule has 11 heteroatoms. The van der Waals surface area contributed by atoms with Crippen molar-refractivity contribution in [2.24, 2.45) is 0 Å². The third-order valence-corrected chi connectivity index (χ3v) is 5.32. The zero-order chi connectivity index (χ0) is 25.6. The van der Waals surface area contributed by atoms with Gasteiger partial charge in [-0.1, -0.05) is 29.3 Å². The molecule has 184 valence electrons. The zero-order valence-corrected chi connectivity index (χ0v) is 21.1. The average molecular weight is 512 g/mol. The molecule has 2 aromatic carbocycles. The van der Waals surface area contributed by atoms with Crippen molar-refractivity contribution in [3.05, 3.63) is 62.1 Å². The fourth-order valence-corrected chi connectivity index (χ4v) is 3.48. The Morgan fingerprint density at radius 2 is 1.85 bits per heavy atom. The maximum absolute atomic E-state index is 13.2. The lowest BCUT2D eigenvalue weighted by atomic mass is 10.1. The van der Waals surface area contributed by atoms with E-state index in [0.29, 0.717) is 15.6 Å². The minimum Gasteiger partial charge on any atom is -0.490 e. The molecule has 34 heavy (non-hydrogen) atoms. The van der Waals surface area contributed by atoms with Crippen LogP contribution >= 0.6 is 23.2 Å². The van der Waals surface area contributed by atoms with Crippen molar-refractivity contribution in [1.29, 1.82) is 0 Å². The molecular formula is C23H27Cl2N3O6. The monoisotopic (exact) mass is 511 g/mol. The lowest BCUT2D eigenvalue weighted by Gasteiger charge is -2.31. The van der Waals surface area contributed by atoms with Crippen LogP contribution in [0.1, 0.15) is 33.3 Å². The molecule has 0 saturated heterocycles. The van der Waals surface area contributed by atoms with Crippen molar-refractivity contribution < 1.29 is 24.0 Å². The topological polar surface area (TPSA) is 111 Å². The molecule has 9 nitrogen and oxygen atoms in total. The molecule has 0 aliphatic carbocycles. The summed E-state index contributed by atoms with van der Waals surface area (Å²) in [6, 6.07) is 7.95. The van der Waals surface area contributed by atoms with Gasteiger partial charge < -0.3 is 19.7 Å². The van der Waals surface area contributed by atoms with Crippen LogP contribution in [-0.4, -0.2) is 46.9 Å². The number of rotatable bonds is 9. The summed E-state index contributed by atoms with van der Waals surface area (Å²) < 4.78 is 10.6. The van der Waals surface area contributed by atoms with Crippen LogP contribution in [0.5, 0.6) is 11.5 Å². The van der Waals surface area contributed by atoms with Crippen LogP contribution in [0.3, 0.4) is 0 Å². The van der Waals surface area contributed by atoms with E-state index in [1.54, 1.807) is 25.1 Å². The number of nitro groups is 1. The number of nitrogens with zero attached hydrogens (tertiary/aromatic N) is 2. The lowest BCUT2D eigenvalue weighted by molar-refractivity contribution is -0.385. The van der Waals surface area contributed by atoms with Crippen LogP contribution in [0, 0.1) is 10.1 Å². The number of amides is 2. The first kappa shape index (κ1) is 27.2. The molecule has 0 aliphatic rings. The summed E-state index contributed by atoms with van der Waals surface area (Å²) in [7, 11) is 1.30.